The van der Waals surface area contributed by atoms with Crippen molar-refractivity contribution in [1.82, 2.24) is 15.0 Å². The van der Waals surface area contributed by atoms with Crippen LogP contribution in [0.5, 0.6) is 11.5 Å². The Bertz CT molecular complexity index is 1450. The van der Waals surface area contributed by atoms with Gasteiger partial charge in [-0.1, -0.05) is 12.1 Å². The zero-order chi connectivity index (χ0) is 24.9. The first-order valence-electron chi connectivity index (χ1n) is 11.6. The SMILES string of the molecule is Cc1cc(Oc2ccnc(Nc3cc(CCC4=NN=NC4)ccc3F)c2)c(-c2ccccn2)nc1C. The van der Waals surface area contributed by atoms with Crippen LogP contribution >= 0.6 is 0 Å². The highest BCUT2D eigenvalue weighted by Crippen LogP contribution is 2.33. The fraction of sp³-hybridized carbons (Fsp3) is 0.185. The molecule has 0 unspecified atom stereocenters. The first-order chi connectivity index (χ1) is 17.5. The van der Waals surface area contributed by atoms with Crippen molar-refractivity contribution in [3.63, 3.8) is 0 Å². The molecule has 36 heavy (non-hydrogen) atoms. The summed E-state index contributed by atoms with van der Waals surface area (Å²) >= 11 is 0. The van der Waals surface area contributed by atoms with E-state index >= 15 is 0 Å². The van der Waals surface area contributed by atoms with Crippen LogP contribution in [0.1, 0.15) is 23.2 Å². The van der Waals surface area contributed by atoms with Gasteiger partial charge in [-0.05, 0) is 79.4 Å². The summed E-state index contributed by atoms with van der Waals surface area (Å²) in [6.07, 6.45) is 4.77. The summed E-state index contributed by atoms with van der Waals surface area (Å²) in [7, 11) is 0. The number of rotatable bonds is 8. The number of nitrogens with zero attached hydrogens (tertiary/aromatic N) is 6. The lowest BCUT2D eigenvalue weighted by Gasteiger charge is -2.14. The lowest BCUT2D eigenvalue weighted by Crippen LogP contribution is -2.03. The second-order valence-corrected chi connectivity index (χ2v) is 8.43. The van der Waals surface area contributed by atoms with Crippen LogP contribution in [0.25, 0.3) is 11.4 Å². The van der Waals surface area contributed by atoms with Crippen LogP contribution in [0.2, 0.25) is 0 Å². The second-order valence-electron chi connectivity index (χ2n) is 8.43. The van der Waals surface area contributed by atoms with E-state index in [9.17, 15) is 4.39 Å². The highest BCUT2D eigenvalue weighted by molar-refractivity contribution is 5.87. The van der Waals surface area contributed by atoms with Gasteiger partial charge in [0.2, 0.25) is 0 Å². The van der Waals surface area contributed by atoms with Crippen molar-refractivity contribution >= 4 is 17.2 Å². The number of ether oxygens (including phenoxy) is 1. The van der Waals surface area contributed by atoms with Crippen molar-refractivity contribution in [3.05, 3.63) is 89.6 Å². The maximum atomic E-state index is 14.6. The molecule has 180 valence electrons. The van der Waals surface area contributed by atoms with Crippen LogP contribution in [0, 0.1) is 19.7 Å². The van der Waals surface area contributed by atoms with Crippen molar-refractivity contribution in [3.8, 4) is 22.9 Å². The molecule has 1 N–H and O–H groups in total. The van der Waals surface area contributed by atoms with Crippen molar-refractivity contribution in [2.24, 2.45) is 15.4 Å². The third-order valence-electron chi connectivity index (χ3n) is 5.80. The Balaban J connectivity index is 1.36. The van der Waals surface area contributed by atoms with E-state index in [-0.39, 0.29) is 5.82 Å². The molecule has 1 aliphatic rings. The number of hydrogen-bond acceptors (Lipinski definition) is 8. The summed E-state index contributed by atoms with van der Waals surface area (Å²) in [5, 5.41) is 14.6. The van der Waals surface area contributed by atoms with Gasteiger partial charge in [-0.3, -0.25) is 4.98 Å². The Morgan fingerprint density at radius 3 is 2.69 bits per heavy atom. The molecule has 0 fully saturated rings. The quantitative estimate of drug-likeness (QED) is 0.306. The monoisotopic (exact) mass is 481 g/mol. The average Bonchev–Trinajstić information content (AvgIpc) is 3.41. The van der Waals surface area contributed by atoms with Gasteiger partial charge in [0.15, 0.2) is 5.75 Å². The van der Waals surface area contributed by atoms with Crippen LogP contribution in [0.15, 0.2) is 82.4 Å². The van der Waals surface area contributed by atoms with E-state index in [1.54, 1.807) is 36.7 Å². The van der Waals surface area contributed by atoms with Crippen molar-refractivity contribution in [2.45, 2.75) is 26.7 Å². The number of aromatic nitrogens is 3. The van der Waals surface area contributed by atoms with E-state index in [4.69, 9.17) is 9.72 Å². The Labute approximate surface area is 208 Å². The predicted octanol–water partition coefficient (Wildman–Crippen LogP) is 6.58. The average molecular weight is 482 g/mol. The largest absolute Gasteiger partial charge is 0.455 e. The highest BCUT2D eigenvalue weighted by atomic mass is 19.1. The van der Waals surface area contributed by atoms with Crippen molar-refractivity contribution in [1.29, 1.82) is 0 Å². The van der Waals surface area contributed by atoms with Gasteiger partial charge in [0.1, 0.15) is 29.6 Å². The Hall–Kier alpha value is -4.53. The van der Waals surface area contributed by atoms with Crippen molar-refractivity contribution < 1.29 is 9.13 Å². The topological polar surface area (TPSA) is 97.0 Å². The summed E-state index contributed by atoms with van der Waals surface area (Å²) in [5.74, 6) is 1.21. The van der Waals surface area contributed by atoms with E-state index in [2.05, 4.69) is 30.7 Å². The minimum absolute atomic E-state index is 0.335. The summed E-state index contributed by atoms with van der Waals surface area (Å²) in [6, 6.07) is 16.1. The molecule has 4 aromatic rings. The molecule has 0 atom stereocenters. The number of hydrogen-bond donors (Lipinski definition) is 1. The van der Waals surface area contributed by atoms with Gasteiger partial charge in [-0.25, -0.2) is 14.4 Å². The standard InChI is InChI=1S/C27H24FN7O/c1-17-13-25(27(32-18(17)2)23-5-3-4-11-29-23)36-21-10-12-30-26(15-21)33-24-14-19(7-9-22(24)28)6-8-20-16-31-35-34-20/h3-5,7,9-15H,6,8,16H2,1-2H3,(H,30,33). The van der Waals surface area contributed by atoms with Crippen LogP contribution in [0.3, 0.4) is 0 Å². The molecule has 1 aromatic carbocycles. The molecule has 0 bridgehead atoms. The van der Waals surface area contributed by atoms with E-state index in [0.29, 0.717) is 47.4 Å². The molecule has 0 spiro atoms. The Kier molecular flexibility index (Phi) is 6.70. The van der Waals surface area contributed by atoms with E-state index < -0.39 is 0 Å². The minimum atomic E-state index is -0.370. The number of halogens is 1. The fourth-order valence-electron chi connectivity index (χ4n) is 3.73. The van der Waals surface area contributed by atoms with Crippen LogP contribution in [0.4, 0.5) is 15.9 Å². The molecule has 9 heteroatoms. The maximum Gasteiger partial charge on any atom is 0.155 e. The van der Waals surface area contributed by atoms with Gasteiger partial charge in [0, 0.05) is 24.2 Å². The number of benzene rings is 1. The zero-order valence-electron chi connectivity index (χ0n) is 19.9. The van der Waals surface area contributed by atoms with Crippen LogP contribution < -0.4 is 10.1 Å². The summed E-state index contributed by atoms with van der Waals surface area (Å²) in [6.45, 7) is 4.46. The molecule has 0 saturated carbocycles. The molecular formula is C27H24FN7O. The summed E-state index contributed by atoms with van der Waals surface area (Å²) in [4.78, 5) is 13.5. The molecule has 8 nitrogen and oxygen atoms in total. The Morgan fingerprint density at radius 1 is 0.972 bits per heavy atom. The van der Waals surface area contributed by atoms with Crippen LogP contribution in [-0.2, 0) is 6.42 Å². The fourth-order valence-corrected chi connectivity index (χ4v) is 3.73. The van der Waals surface area contributed by atoms with Gasteiger partial charge < -0.3 is 10.1 Å². The number of pyridine rings is 3. The lowest BCUT2D eigenvalue weighted by molar-refractivity contribution is 0.481. The van der Waals surface area contributed by atoms with Gasteiger partial charge in [-0.2, -0.15) is 5.11 Å². The molecule has 0 saturated heterocycles. The first kappa shape index (κ1) is 23.2. The molecule has 4 heterocycles. The van der Waals surface area contributed by atoms with E-state index in [1.807, 2.05) is 38.1 Å². The predicted molar refractivity (Wildman–Crippen MR) is 136 cm³/mol. The van der Waals surface area contributed by atoms with Gasteiger partial charge in [-0.15, -0.1) is 5.10 Å². The molecule has 3 aromatic heterocycles. The molecule has 0 aliphatic carbocycles. The number of anilines is 2. The van der Waals surface area contributed by atoms with Crippen molar-refractivity contribution in [2.75, 3.05) is 11.9 Å². The second kappa shape index (κ2) is 10.4. The normalized spacial score (nSPS) is 12.5. The van der Waals surface area contributed by atoms with Crippen LogP contribution in [-0.4, -0.2) is 27.2 Å². The highest BCUT2D eigenvalue weighted by Gasteiger charge is 2.14. The maximum absolute atomic E-state index is 14.6. The van der Waals surface area contributed by atoms with Gasteiger partial charge >= 0.3 is 0 Å². The molecule has 0 radical (unpaired) electrons. The summed E-state index contributed by atoms with van der Waals surface area (Å²) < 4.78 is 20.8. The first-order valence-corrected chi connectivity index (χ1v) is 11.6. The molecule has 1 aliphatic heterocycles. The van der Waals surface area contributed by atoms with E-state index in [0.717, 1.165) is 29.0 Å². The summed E-state index contributed by atoms with van der Waals surface area (Å²) in [5.41, 5.74) is 5.50. The lowest BCUT2D eigenvalue weighted by atomic mass is 10.1. The zero-order valence-corrected chi connectivity index (χ0v) is 19.9. The number of nitrogens with one attached hydrogen (secondary N) is 1. The third kappa shape index (κ3) is 5.41. The molecule has 5 rings (SSSR count). The van der Waals surface area contributed by atoms with Gasteiger partial charge in [0.25, 0.3) is 0 Å². The smallest absolute Gasteiger partial charge is 0.155 e. The number of aryl methyl sites for hydroxylation is 3. The molecular weight excluding hydrogens is 457 g/mol. The molecule has 0 amide bonds. The minimum Gasteiger partial charge on any atom is -0.455 e. The van der Waals surface area contributed by atoms with Gasteiger partial charge in [0.05, 0.1) is 17.1 Å². The Morgan fingerprint density at radius 2 is 1.89 bits per heavy atom. The van der Waals surface area contributed by atoms with E-state index in [1.165, 1.54) is 6.07 Å². The third-order valence-corrected chi connectivity index (χ3v) is 5.80.